The maximum atomic E-state index is 9.10. The van der Waals surface area contributed by atoms with Crippen LogP contribution in [0.2, 0.25) is 0 Å². The first-order valence-corrected chi connectivity index (χ1v) is 7.74. The van der Waals surface area contributed by atoms with E-state index < -0.39 is 0 Å². The third-order valence-corrected chi connectivity index (χ3v) is 3.57. The minimum absolute atomic E-state index is 0.455. The van der Waals surface area contributed by atoms with E-state index in [-0.39, 0.29) is 0 Å². The molecular formula is C17H36O. The summed E-state index contributed by atoms with van der Waals surface area (Å²) >= 11 is 0. The van der Waals surface area contributed by atoms with E-state index in [0.29, 0.717) is 11.7 Å². The number of rotatable bonds is 7. The second-order valence-electron chi connectivity index (χ2n) is 5.83. The molecule has 0 aliphatic carbocycles. The zero-order valence-electron chi connectivity index (χ0n) is 13.8. The van der Waals surface area contributed by atoms with Crippen molar-refractivity contribution >= 4 is 0 Å². The number of allylic oxidation sites excluding steroid dienone is 2. The van der Waals surface area contributed by atoms with Crippen molar-refractivity contribution in [2.24, 2.45) is 17.8 Å². The Morgan fingerprint density at radius 2 is 1.50 bits per heavy atom. The van der Waals surface area contributed by atoms with Crippen LogP contribution in [-0.2, 0) is 0 Å². The lowest BCUT2D eigenvalue weighted by Crippen LogP contribution is -2.09. The number of hydrogen-bond donors (Lipinski definition) is 1. The van der Waals surface area contributed by atoms with Crippen molar-refractivity contribution in [3.8, 4) is 0 Å². The van der Waals surface area contributed by atoms with Gasteiger partial charge in [0.2, 0.25) is 0 Å². The minimum atomic E-state index is 0.455. The van der Waals surface area contributed by atoms with Crippen molar-refractivity contribution in [3.63, 3.8) is 0 Å². The predicted octanol–water partition coefficient (Wildman–Crippen LogP) is 6.35. The Bertz CT molecular complexity index is 192. The molecule has 110 valence electrons. The van der Waals surface area contributed by atoms with Gasteiger partial charge in [-0.25, -0.2) is 0 Å². The van der Waals surface area contributed by atoms with Crippen LogP contribution >= 0.6 is 0 Å². The van der Waals surface area contributed by atoms with E-state index in [9.17, 15) is 0 Å². The lowest BCUT2D eigenvalue weighted by Gasteiger charge is -2.20. The highest BCUT2D eigenvalue weighted by molar-refractivity contribution is 4.87. The summed E-state index contributed by atoms with van der Waals surface area (Å²) in [7, 11) is 0. The van der Waals surface area contributed by atoms with Gasteiger partial charge in [0.25, 0.3) is 0 Å². The molecule has 0 aromatic rings. The molecule has 3 unspecified atom stereocenters. The Morgan fingerprint density at radius 1 is 1.00 bits per heavy atom. The molecule has 0 fully saturated rings. The van der Waals surface area contributed by atoms with Gasteiger partial charge in [-0.2, -0.15) is 0 Å². The average molecular weight is 256 g/mol. The van der Waals surface area contributed by atoms with Gasteiger partial charge in [-0.1, -0.05) is 67.2 Å². The van der Waals surface area contributed by atoms with Crippen molar-refractivity contribution in [1.29, 1.82) is 0 Å². The van der Waals surface area contributed by atoms with Crippen LogP contribution in [-0.4, -0.2) is 5.11 Å². The van der Waals surface area contributed by atoms with E-state index >= 15 is 0 Å². The molecule has 0 saturated heterocycles. The molecule has 0 rings (SSSR count). The third-order valence-electron chi connectivity index (χ3n) is 3.57. The first kappa shape index (κ1) is 19.9. The third kappa shape index (κ3) is 13.6. The van der Waals surface area contributed by atoms with Crippen molar-refractivity contribution in [2.45, 2.75) is 80.6 Å². The van der Waals surface area contributed by atoms with Gasteiger partial charge in [-0.15, -0.1) is 0 Å². The van der Waals surface area contributed by atoms with Crippen LogP contribution < -0.4 is 0 Å². The largest absolute Gasteiger partial charge is 0.513 e. The maximum Gasteiger partial charge on any atom is 0.0852 e. The highest BCUT2D eigenvalue weighted by atomic mass is 16.3. The molecule has 1 N–H and O–H groups in total. The van der Waals surface area contributed by atoms with Crippen LogP contribution in [0, 0.1) is 17.8 Å². The molecule has 0 aliphatic rings. The molecule has 18 heavy (non-hydrogen) atoms. The normalized spacial score (nSPS) is 16.5. The Hall–Kier alpha value is -0.460. The van der Waals surface area contributed by atoms with Crippen molar-refractivity contribution in [1.82, 2.24) is 0 Å². The fourth-order valence-corrected chi connectivity index (χ4v) is 1.62. The van der Waals surface area contributed by atoms with Gasteiger partial charge in [0.15, 0.2) is 0 Å². The number of hydrogen-bond acceptors (Lipinski definition) is 1. The van der Waals surface area contributed by atoms with E-state index in [1.54, 1.807) is 6.92 Å². The fraction of sp³-hybridized carbons (Fsp3) is 0.882. The number of aliphatic hydroxyl groups excluding tert-OH is 1. The molecular weight excluding hydrogens is 220 g/mol. The van der Waals surface area contributed by atoms with Gasteiger partial charge in [0.05, 0.1) is 5.76 Å². The molecule has 1 heteroatoms. The molecule has 0 spiro atoms. The SMILES string of the molecule is CCC.CCC(C)CCC(C)C(C)C/C=C(\C)O. The Labute approximate surface area is 116 Å². The highest BCUT2D eigenvalue weighted by Gasteiger charge is 2.12. The van der Waals surface area contributed by atoms with Crippen molar-refractivity contribution < 1.29 is 5.11 Å². The Balaban J connectivity index is 0. The Kier molecular flexibility index (Phi) is 14.3. The summed E-state index contributed by atoms with van der Waals surface area (Å²) in [5.41, 5.74) is 0. The summed E-state index contributed by atoms with van der Waals surface area (Å²) in [4.78, 5) is 0. The van der Waals surface area contributed by atoms with Crippen LogP contribution in [0.4, 0.5) is 0 Å². The van der Waals surface area contributed by atoms with Gasteiger partial charge >= 0.3 is 0 Å². The van der Waals surface area contributed by atoms with Gasteiger partial charge in [0, 0.05) is 0 Å². The zero-order chi connectivity index (χ0) is 14.6. The smallest absolute Gasteiger partial charge is 0.0852 e. The van der Waals surface area contributed by atoms with Crippen LogP contribution in [0.25, 0.3) is 0 Å². The molecule has 0 saturated carbocycles. The molecule has 0 radical (unpaired) electrons. The van der Waals surface area contributed by atoms with Gasteiger partial charge in [0.1, 0.15) is 0 Å². The van der Waals surface area contributed by atoms with E-state index in [2.05, 4.69) is 41.5 Å². The lowest BCUT2D eigenvalue weighted by molar-refractivity contribution is 0.326. The van der Waals surface area contributed by atoms with E-state index in [0.717, 1.165) is 18.3 Å². The molecule has 0 aliphatic heterocycles. The average Bonchev–Trinajstić information content (AvgIpc) is 2.33. The first-order valence-electron chi connectivity index (χ1n) is 7.74. The van der Waals surface area contributed by atoms with Crippen LogP contribution in [0.5, 0.6) is 0 Å². The second-order valence-corrected chi connectivity index (χ2v) is 5.83. The monoisotopic (exact) mass is 256 g/mol. The van der Waals surface area contributed by atoms with Crippen LogP contribution in [0.1, 0.15) is 80.6 Å². The van der Waals surface area contributed by atoms with E-state index in [4.69, 9.17) is 5.11 Å². The minimum Gasteiger partial charge on any atom is -0.513 e. The topological polar surface area (TPSA) is 20.2 Å². The summed E-state index contributed by atoms with van der Waals surface area (Å²) in [6.45, 7) is 15.2. The molecule has 0 aromatic carbocycles. The molecule has 0 aromatic heterocycles. The summed E-state index contributed by atoms with van der Waals surface area (Å²) in [5.74, 6) is 2.75. The highest BCUT2D eigenvalue weighted by Crippen LogP contribution is 2.23. The fourth-order valence-electron chi connectivity index (χ4n) is 1.62. The summed E-state index contributed by atoms with van der Waals surface area (Å²) < 4.78 is 0. The van der Waals surface area contributed by atoms with E-state index in [1.165, 1.54) is 25.7 Å². The summed E-state index contributed by atoms with van der Waals surface area (Å²) in [6.07, 6.45) is 8.13. The molecule has 3 atom stereocenters. The quantitative estimate of drug-likeness (QED) is 0.526. The molecule has 0 amide bonds. The predicted molar refractivity (Wildman–Crippen MR) is 84.0 cm³/mol. The van der Waals surface area contributed by atoms with Crippen molar-refractivity contribution in [3.05, 3.63) is 11.8 Å². The van der Waals surface area contributed by atoms with Crippen LogP contribution in [0.3, 0.4) is 0 Å². The van der Waals surface area contributed by atoms with Gasteiger partial charge in [-0.3, -0.25) is 0 Å². The lowest BCUT2D eigenvalue weighted by atomic mass is 9.86. The first-order chi connectivity index (χ1) is 8.38. The molecule has 0 bridgehead atoms. The molecule has 0 heterocycles. The van der Waals surface area contributed by atoms with Gasteiger partial charge < -0.3 is 5.11 Å². The Morgan fingerprint density at radius 3 is 1.89 bits per heavy atom. The maximum absolute atomic E-state index is 9.10. The van der Waals surface area contributed by atoms with E-state index in [1.807, 2.05) is 6.08 Å². The van der Waals surface area contributed by atoms with Crippen LogP contribution in [0.15, 0.2) is 11.8 Å². The summed E-state index contributed by atoms with van der Waals surface area (Å²) in [6, 6.07) is 0. The standard InChI is InChI=1S/C14H28O.C3H8/c1-6-11(2)7-8-12(3)13(4)9-10-14(5)15;1-3-2/h10-13,15H,6-9H2,1-5H3;3H2,1-2H3/b14-10+;. The summed E-state index contributed by atoms with van der Waals surface area (Å²) in [5, 5.41) is 9.10. The molecule has 1 nitrogen and oxygen atoms in total. The second kappa shape index (κ2) is 13.0. The van der Waals surface area contributed by atoms with Crippen molar-refractivity contribution in [2.75, 3.05) is 0 Å². The number of aliphatic hydroxyl groups is 1. The van der Waals surface area contributed by atoms with Gasteiger partial charge in [-0.05, 0) is 37.2 Å². The zero-order valence-corrected chi connectivity index (χ0v) is 13.8.